The van der Waals surface area contributed by atoms with Crippen LogP contribution in [0.1, 0.15) is 32.3 Å². The number of nitrogens with zero attached hydrogens (tertiary/aromatic N) is 2. The lowest BCUT2D eigenvalue weighted by Gasteiger charge is -2.24. The van der Waals surface area contributed by atoms with Crippen molar-refractivity contribution in [2.45, 2.75) is 38.5 Å². The van der Waals surface area contributed by atoms with Crippen molar-refractivity contribution < 1.29 is 13.2 Å². The molecule has 1 aliphatic heterocycles. The van der Waals surface area contributed by atoms with Gasteiger partial charge < -0.3 is 4.90 Å². The predicted octanol–water partition coefficient (Wildman–Crippen LogP) is 2.26. The fraction of sp³-hybridized carbons (Fsp3) is 0.588. The molecule has 6 heteroatoms. The van der Waals surface area contributed by atoms with E-state index in [9.17, 15) is 13.2 Å². The first-order chi connectivity index (χ1) is 10.9. The van der Waals surface area contributed by atoms with Crippen LogP contribution in [0.5, 0.6) is 0 Å². The fourth-order valence-electron chi connectivity index (χ4n) is 2.70. The van der Waals surface area contributed by atoms with Crippen LogP contribution >= 0.6 is 0 Å². The van der Waals surface area contributed by atoms with E-state index in [1.165, 1.54) is 4.31 Å². The largest absolute Gasteiger partial charge is 0.341 e. The van der Waals surface area contributed by atoms with Crippen LogP contribution in [0, 0.1) is 12.8 Å². The second-order valence-electron chi connectivity index (χ2n) is 6.21. The summed E-state index contributed by atoms with van der Waals surface area (Å²) in [4.78, 5) is 14.4. The van der Waals surface area contributed by atoms with Crippen LogP contribution in [0.2, 0.25) is 0 Å². The Balaban J connectivity index is 2.10. The molecule has 0 aliphatic carbocycles. The molecule has 1 heterocycles. The molecule has 1 atom stereocenters. The number of carbonyl (C=O) groups is 1. The van der Waals surface area contributed by atoms with Gasteiger partial charge in [-0.05, 0) is 31.9 Å². The minimum Gasteiger partial charge on any atom is -0.341 e. The second-order valence-corrected chi connectivity index (χ2v) is 8.14. The van der Waals surface area contributed by atoms with Gasteiger partial charge in [0, 0.05) is 32.1 Å². The Morgan fingerprint density at radius 3 is 2.39 bits per heavy atom. The van der Waals surface area contributed by atoms with E-state index in [1.807, 2.05) is 32.9 Å². The van der Waals surface area contributed by atoms with Crippen molar-refractivity contribution in [3.05, 3.63) is 29.8 Å². The first-order valence-electron chi connectivity index (χ1n) is 8.22. The van der Waals surface area contributed by atoms with E-state index in [-0.39, 0.29) is 11.8 Å². The van der Waals surface area contributed by atoms with Crippen LogP contribution in [0.25, 0.3) is 0 Å². The minimum absolute atomic E-state index is 0.00439. The Morgan fingerprint density at radius 2 is 1.78 bits per heavy atom. The van der Waals surface area contributed by atoms with Gasteiger partial charge in [0.2, 0.25) is 15.9 Å². The zero-order chi connectivity index (χ0) is 17.0. The Kier molecular flexibility index (Phi) is 5.81. The minimum atomic E-state index is -3.48. The number of amides is 1. The Labute approximate surface area is 139 Å². The normalized spacial score (nSPS) is 18.5. The molecular weight excluding hydrogens is 312 g/mol. The topological polar surface area (TPSA) is 57.7 Å². The van der Waals surface area contributed by atoms with Gasteiger partial charge in [0.25, 0.3) is 0 Å². The Morgan fingerprint density at radius 1 is 1.13 bits per heavy atom. The Bertz CT molecular complexity index is 640. The lowest BCUT2D eigenvalue weighted by atomic mass is 10.1. The molecule has 0 radical (unpaired) electrons. The molecular formula is C17H26N2O3S. The number of sulfonamides is 1. The molecule has 23 heavy (non-hydrogen) atoms. The van der Waals surface area contributed by atoms with Crippen molar-refractivity contribution in [2.24, 2.45) is 5.92 Å². The molecule has 1 fully saturated rings. The maximum Gasteiger partial charge on any atom is 0.243 e. The summed E-state index contributed by atoms with van der Waals surface area (Å²) < 4.78 is 27.0. The van der Waals surface area contributed by atoms with Gasteiger partial charge in [-0.1, -0.05) is 31.5 Å². The molecule has 0 unspecified atom stereocenters. The second kappa shape index (κ2) is 7.45. The fourth-order valence-corrected chi connectivity index (χ4v) is 4.17. The number of hydrogen-bond donors (Lipinski definition) is 0. The molecule has 5 nitrogen and oxygen atoms in total. The highest BCUT2D eigenvalue weighted by Gasteiger charge is 2.29. The van der Waals surface area contributed by atoms with E-state index in [4.69, 9.17) is 0 Å². The average Bonchev–Trinajstić information content (AvgIpc) is 2.80. The predicted molar refractivity (Wildman–Crippen MR) is 90.6 cm³/mol. The molecule has 0 aromatic heterocycles. The van der Waals surface area contributed by atoms with Crippen molar-refractivity contribution in [1.82, 2.24) is 9.21 Å². The molecule has 1 aromatic carbocycles. The highest BCUT2D eigenvalue weighted by Crippen LogP contribution is 2.19. The van der Waals surface area contributed by atoms with Gasteiger partial charge in [-0.25, -0.2) is 8.42 Å². The van der Waals surface area contributed by atoms with Gasteiger partial charge in [-0.2, -0.15) is 4.31 Å². The highest BCUT2D eigenvalue weighted by molar-refractivity contribution is 7.89. The van der Waals surface area contributed by atoms with Crippen LogP contribution in [-0.2, 0) is 14.8 Å². The first kappa shape index (κ1) is 17.9. The number of hydrogen-bond acceptors (Lipinski definition) is 3. The van der Waals surface area contributed by atoms with E-state index in [2.05, 4.69) is 0 Å². The monoisotopic (exact) mass is 338 g/mol. The summed E-state index contributed by atoms with van der Waals surface area (Å²) in [5.74, 6) is 0.123. The van der Waals surface area contributed by atoms with Crippen molar-refractivity contribution >= 4 is 15.9 Å². The van der Waals surface area contributed by atoms with Gasteiger partial charge in [-0.3, -0.25) is 4.79 Å². The van der Waals surface area contributed by atoms with Crippen molar-refractivity contribution in [3.8, 4) is 0 Å². The summed E-state index contributed by atoms with van der Waals surface area (Å²) in [6, 6.07) is 6.92. The van der Waals surface area contributed by atoms with E-state index < -0.39 is 10.0 Å². The summed E-state index contributed by atoms with van der Waals surface area (Å²) in [6.45, 7) is 7.76. The molecule has 0 saturated carbocycles. The van der Waals surface area contributed by atoms with Crippen molar-refractivity contribution in [1.29, 1.82) is 0 Å². The highest BCUT2D eigenvalue weighted by atomic mass is 32.2. The van der Waals surface area contributed by atoms with Gasteiger partial charge in [0.1, 0.15) is 0 Å². The lowest BCUT2D eigenvalue weighted by molar-refractivity contribution is -0.134. The van der Waals surface area contributed by atoms with E-state index in [1.54, 1.807) is 17.0 Å². The molecule has 128 valence electrons. The molecule has 1 aromatic rings. The zero-order valence-corrected chi connectivity index (χ0v) is 15.0. The summed E-state index contributed by atoms with van der Waals surface area (Å²) >= 11 is 0. The summed E-state index contributed by atoms with van der Waals surface area (Å²) in [5.41, 5.74) is 1.03. The van der Waals surface area contributed by atoms with Crippen LogP contribution in [0.4, 0.5) is 0 Å². The maximum absolute atomic E-state index is 12.7. The molecule has 0 spiro atoms. The van der Waals surface area contributed by atoms with Gasteiger partial charge in [0.15, 0.2) is 0 Å². The van der Waals surface area contributed by atoms with Gasteiger partial charge in [0.05, 0.1) is 4.90 Å². The standard InChI is InChI=1S/C17H26N2O3S/c1-4-15(3)17(20)18-10-5-11-19(13-12-18)23(21,22)16-8-6-14(2)7-9-16/h6-9,15H,4-5,10-13H2,1-3H3/t15-/m1/s1. The van der Waals surface area contributed by atoms with E-state index in [0.29, 0.717) is 37.5 Å². The average molecular weight is 338 g/mol. The van der Waals surface area contributed by atoms with Gasteiger partial charge >= 0.3 is 0 Å². The zero-order valence-electron chi connectivity index (χ0n) is 14.2. The number of aryl methyl sites for hydroxylation is 1. The smallest absolute Gasteiger partial charge is 0.243 e. The number of carbonyl (C=O) groups excluding carboxylic acids is 1. The summed E-state index contributed by atoms with van der Waals surface area (Å²) in [7, 11) is -3.48. The molecule has 0 bridgehead atoms. The van der Waals surface area contributed by atoms with Crippen molar-refractivity contribution in [3.63, 3.8) is 0 Å². The molecule has 1 saturated heterocycles. The number of benzene rings is 1. The molecule has 2 rings (SSSR count). The third-order valence-corrected chi connectivity index (χ3v) is 6.37. The SMILES string of the molecule is CC[C@@H](C)C(=O)N1CCCN(S(=O)(=O)c2ccc(C)cc2)CC1. The molecule has 0 N–H and O–H groups in total. The summed E-state index contributed by atoms with van der Waals surface area (Å²) in [5, 5.41) is 0. The first-order valence-corrected chi connectivity index (χ1v) is 9.66. The van der Waals surface area contributed by atoms with E-state index >= 15 is 0 Å². The van der Waals surface area contributed by atoms with Gasteiger partial charge in [-0.15, -0.1) is 0 Å². The third-order valence-electron chi connectivity index (χ3n) is 4.46. The maximum atomic E-state index is 12.7. The molecule has 1 amide bonds. The molecule has 1 aliphatic rings. The lowest BCUT2D eigenvalue weighted by Crippen LogP contribution is -2.39. The van der Waals surface area contributed by atoms with E-state index in [0.717, 1.165) is 12.0 Å². The van der Waals surface area contributed by atoms with Crippen LogP contribution in [0.3, 0.4) is 0 Å². The number of rotatable bonds is 4. The van der Waals surface area contributed by atoms with Crippen molar-refractivity contribution in [2.75, 3.05) is 26.2 Å². The summed E-state index contributed by atoms with van der Waals surface area (Å²) in [6.07, 6.45) is 1.48. The van der Waals surface area contributed by atoms with Crippen LogP contribution in [0.15, 0.2) is 29.2 Å². The Hall–Kier alpha value is -1.40. The van der Waals surface area contributed by atoms with Crippen LogP contribution < -0.4 is 0 Å². The third kappa shape index (κ3) is 4.12. The quantitative estimate of drug-likeness (QED) is 0.846. The van der Waals surface area contributed by atoms with Crippen LogP contribution in [-0.4, -0.2) is 49.7 Å².